The molecule has 5 heteroatoms. The van der Waals surface area contributed by atoms with Crippen molar-refractivity contribution in [3.63, 3.8) is 0 Å². The van der Waals surface area contributed by atoms with E-state index in [9.17, 15) is 9.70 Å². The molecule has 0 saturated carbocycles. The Bertz CT molecular complexity index is 657. The first kappa shape index (κ1) is 17.7. The van der Waals surface area contributed by atoms with Gasteiger partial charge in [-0.25, -0.2) is 0 Å². The first-order valence-corrected chi connectivity index (χ1v) is 8.02. The van der Waals surface area contributed by atoms with Crippen molar-refractivity contribution in [1.82, 2.24) is 0 Å². The van der Waals surface area contributed by atoms with Gasteiger partial charge in [-0.3, -0.25) is 4.79 Å². The Kier molecular flexibility index (Phi) is 7.47. The van der Waals surface area contributed by atoms with Crippen LogP contribution in [0.5, 0.6) is 11.5 Å². The molecule has 0 heterocycles. The van der Waals surface area contributed by atoms with Crippen LogP contribution in [0.25, 0.3) is 0 Å². The van der Waals surface area contributed by atoms with Crippen molar-refractivity contribution < 1.29 is 14.3 Å². The molecule has 0 aliphatic rings. The molecule has 0 N–H and O–H groups in total. The SMILES string of the molecule is O=Cc1ccccc1OCCCCCOc1ccccc1CN=O. The summed E-state index contributed by atoms with van der Waals surface area (Å²) in [5.41, 5.74) is 1.38. The third-order valence-corrected chi connectivity index (χ3v) is 3.56. The fourth-order valence-electron chi connectivity index (χ4n) is 2.30. The number of benzene rings is 2. The van der Waals surface area contributed by atoms with Gasteiger partial charge in [-0.1, -0.05) is 35.5 Å². The molecule has 2 rings (SSSR count). The average Bonchev–Trinajstić information content (AvgIpc) is 2.62. The van der Waals surface area contributed by atoms with Gasteiger partial charge in [-0.2, -0.15) is 4.91 Å². The Hall–Kier alpha value is -2.69. The smallest absolute Gasteiger partial charge is 0.153 e. The monoisotopic (exact) mass is 327 g/mol. The van der Waals surface area contributed by atoms with Crippen molar-refractivity contribution in [3.8, 4) is 11.5 Å². The average molecular weight is 327 g/mol. The zero-order chi connectivity index (χ0) is 17.0. The molecule has 2 aromatic rings. The van der Waals surface area contributed by atoms with Crippen LogP contribution in [0.3, 0.4) is 0 Å². The number of ether oxygens (including phenoxy) is 2. The van der Waals surface area contributed by atoms with Crippen LogP contribution in [0.15, 0.2) is 53.7 Å². The van der Waals surface area contributed by atoms with E-state index in [0.717, 1.165) is 31.1 Å². The van der Waals surface area contributed by atoms with E-state index in [4.69, 9.17) is 9.47 Å². The van der Waals surface area contributed by atoms with Crippen molar-refractivity contribution in [3.05, 3.63) is 64.6 Å². The highest BCUT2D eigenvalue weighted by molar-refractivity contribution is 5.79. The third-order valence-electron chi connectivity index (χ3n) is 3.56. The minimum absolute atomic E-state index is 0.125. The van der Waals surface area contributed by atoms with Crippen LogP contribution in [0.4, 0.5) is 0 Å². The van der Waals surface area contributed by atoms with Gasteiger partial charge < -0.3 is 9.47 Å². The highest BCUT2D eigenvalue weighted by Gasteiger charge is 2.03. The maximum Gasteiger partial charge on any atom is 0.153 e. The summed E-state index contributed by atoms with van der Waals surface area (Å²) < 4.78 is 11.3. The standard InChI is InChI=1S/C19H21NO4/c21-15-17-9-3-5-11-19(17)24-13-7-1-6-12-23-18-10-4-2-8-16(18)14-20-22/h2-5,8-11,15H,1,6-7,12-14H2. The Labute approximate surface area is 141 Å². The minimum Gasteiger partial charge on any atom is -0.493 e. The predicted molar refractivity (Wildman–Crippen MR) is 92.6 cm³/mol. The Morgan fingerprint density at radius 3 is 2.17 bits per heavy atom. The molecule has 0 aliphatic carbocycles. The molecule has 0 aliphatic heterocycles. The number of aldehydes is 1. The number of unbranched alkanes of at least 4 members (excludes halogenated alkanes) is 2. The molecular formula is C19H21NO4. The zero-order valence-electron chi connectivity index (χ0n) is 13.5. The molecule has 0 unspecified atom stereocenters. The summed E-state index contributed by atoms with van der Waals surface area (Å²) in [6.45, 7) is 1.28. The van der Waals surface area contributed by atoms with Gasteiger partial charge in [-0.15, -0.1) is 0 Å². The maximum atomic E-state index is 10.9. The van der Waals surface area contributed by atoms with Gasteiger partial charge in [0.05, 0.1) is 18.8 Å². The van der Waals surface area contributed by atoms with Gasteiger partial charge in [0, 0.05) is 5.56 Å². The molecule has 24 heavy (non-hydrogen) atoms. The van der Waals surface area contributed by atoms with E-state index in [1.807, 2.05) is 36.4 Å². The Morgan fingerprint density at radius 1 is 0.833 bits per heavy atom. The summed E-state index contributed by atoms with van der Waals surface area (Å²) in [5, 5.41) is 2.91. The van der Waals surface area contributed by atoms with E-state index in [0.29, 0.717) is 30.3 Å². The van der Waals surface area contributed by atoms with Crippen LogP contribution in [-0.4, -0.2) is 19.5 Å². The number of nitrogens with zero attached hydrogens (tertiary/aromatic N) is 1. The van der Waals surface area contributed by atoms with E-state index < -0.39 is 0 Å². The molecule has 126 valence electrons. The van der Waals surface area contributed by atoms with Gasteiger partial charge >= 0.3 is 0 Å². The van der Waals surface area contributed by atoms with Gasteiger partial charge in [0.15, 0.2) is 6.29 Å². The van der Waals surface area contributed by atoms with Crippen LogP contribution >= 0.6 is 0 Å². The van der Waals surface area contributed by atoms with E-state index in [-0.39, 0.29) is 6.54 Å². The lowest BCUT2D eigenvalue weighted by molar-refractivity contribution is 0.111. The zero-order valence-corrected chi connectivity index (χ0v) is 13.5. The maximum absolute atomic E-state index is 10.9. The fourth-order valence-corrected chi connectivity index (χ4v) is 2.30. The summed E-state index contributed by atoms with van der Waals surface area (Å²) in [4.78, 5) is 21.3. The van der Waals surface area contributed by atoms with Crippen molar-refractivity contribution in [2.24, 2.45) is 5.18 Å². The molecule has 0 saturated heterocycles. The largest absolute Gasteiger partial charge is 0.493 e. The van der Waals surface area contributed by atoms with Gasteiger partial charge in [0.25, 0.3) is 0 Å². The van der Waals surface area contributed by atoms with Crippen LogP contribution in [-0.2, 0) is 6.54 Å². The lowest BCUT2D eigenvalue weighted by Crippen LogP contribution is -2.03. The van der Waals surface area contributed by atoms with Crippen LogP contribution in [0.2, 0.25) is 0 Å². The number of para-hydroxylation sites is 2. The van der Waals surface area contributed by atoms with Crippen LogP contribution in [0, 0.1) is 4.91 Å². The van der Waals surface area contributed by atoms with E-state index in [2.05, 4.69) is 5.18 Å². The van der Waals surface area contributed by atoms with E-state index >= 15 is 0 Å². The molecule has 0 spiro atoms. The molecule has 2 aromatic carbocycles. The number of hydrogen-bond donors (Lipinski definition) is 0. The summed E-state index contributed by atoms with van der Waals surface area (Å²) in [7, 11) is 0. The fraction of sp³-hybridized carbons (Fsp3) is 0.316. The van der Waals surface area contributed by atoms with E-state index in [1.54, 1.807) is 12.1 Å². The van der Waals surface area contributed by atoms with Crippen LogP contribution in [0.1, 0.15) is 35.2 Å². The van der Waals surface area contributed by atoms with Crippen molar-refractivity contribution >= 4 is 6.29 Å². The molecule has 0 amide bonds. The first-order valence-electron chi connectivity index (χ1n) is 8.02. The van der Waals surface area contributed by atoms with Crippen molar-refractivity contribution in [2.45, 2.75) is 25.8 Å². The summed E-state index contributed by atoms with van der Waals surface area (Å²) in [6, 6.07) is 14.6. The Balaban J connectivity index is 1.64. The number of carbonyl (C=O) groups excluding carboxylic acids is 1. The lowest BCUT2D eigenvalue weighted by atomic mass is 10.2. The van der Waals surface area contributed by atoms with E-state index in [1.165, 1.54) is 0 Å². The quantitative estimate of drug-likeness (QED) is 0.349. The van der Waals surface area contributed by atoms with Gasteiger partial charge in [0.1, 0.15) is 18.0 Å². The first-order chi connectivity index (χ1) is 11.8. The normalized spacial score (nSPS) is 10.2. The number of rotatable bonds is 11. The summed E-state index contributed by atoms with van der Waals surface area (Å²) >= 11 is 0. The molecular weight excluding hydrogens is 306 g/mol. The molecule has 5 nitrogen and oxygen atoms in total. The summed E-state index contributed by atoms with van der Waals surface area (Å²) in [6.07, 6.45) is 3.53. The predicted octanol–water partition coefficient (Wildman–Crippen LogP) is 4.39. The molecule has 0 fully saturated rings. The minimum atomic E-state index is 0.125. The van der Waals surface area contributed by atoms with Crippen LogP contribution < -0.4 is 9.47 Å². The van der Waals surface area contributed by atoms with Crippen molar-refractivity contribution in [1.29, 1.82) is 0 Å². The lowest BCUT2D eigenvalue weighted by Gasteiger charge is -2.10. The number of nitroso groups, excluding NO2 is 1. The second-order valence-corrected chi connectivity index (χ2v) is 5.31. The molecule has 0 aromatic heterocycles. The topological polar surface area (TPSA) is 65.0 Å². The van der Waals surface area contributed by atoms with Crippen molar-refractivity contribution in [2.75, 3.05) is 13.2 Å². The molecule has 0 atom stereocenters. The summed E-state index contributed by atoms with van der Waals surface area (Å²) in [5.74, 6) is 1.34. The second-order valence-electron chi connectivity index (χ2n) is 5.31. The van der Waals surface area contributed by atoms with Gasteiger partial charge in [0.2, 0.25) is 0 Å². The molecule has 0 radical (unpaired) electrons. The Morgan fingerprint density at radius 2 is 1.46 bits per heavy atom. The highest BCUT2D eigenvalue weighted by Crippen LogP contribution is 2.19. The molecule has 0 bridgehead atoms. The second kappa shape index (κ2) is 10.2. The number of hydrogen-bond acceptors (Lipinski definition) is 5. The third kappa shape index (κ3) is 5.50. The highest BCUT2D eigenvalue weighted by atomic mass is 16.5. The number of carbonyl (C=O) groups is 1. The van der Waals surface area contributed by atoms with Gasteiger partial charge in [-0.05, 0) is 37.5 Å².